The molecule has 0 heterocycles. The van der Waals surface area contributed by atoms with Crippen LogP contribution in [0, 0.1) is 0 Å². The van der Waals surface area contributed by atoms with E-state index in [-0.39, 0.29) is 0 Å². The van der Waals surface area contributed by atoms with Crippen LogP contribution in [0.4, 0.5) is 0 Å². The number of nitrogens with two attached hydrogens (primary N) is 1. The van der Waals surface area contributed by atoms with E-state index >= 15 is 0 Å². The van der Waals surface area contributed by atoms with Gasteiger partial charge in [0.15, 0.2) is 0 Å². The zero-order chi connectivity index (χ0) is 14.5. The van der Waals surface area contributed by atoms with Crippen molar-refractivity contribution in [2.24, 2.45) is 5.73 Å². The maximum absolute atomic E-state index is 12.3. The van der Waals surface area contributed by atoms with Crippen LogP contribution in [-0.4, -0.2) is 4.21 Å². The van der Waals surface area contributed by atoms with E-state index in [9.17, 15) is 4.21 Å². The van der Waals surface area contributed by atoms with Crippen molar-refractivity contribution in [3.05, 3.63) is 65.2 Å². The first-order chi connectivity index (χ1) is 9.60. The molecule has 0 amide bonds. The summed E-state index contributed by atoms with van der Waals surface area (Å²) in [6.07, 6.45) is 0. The molecule has 1 unspecified atom stereocenters. The Kier molecular flexibility index (Phi) is 5.10. The zero-order valence-electron chi connectivity index (χ0n) is 12.0. The van der Waals surface area contributed by atoms with E-state index in [0.29, 0.717) is 18.2 Å². The van der Waals surface area contributed by atoms with E-state index < -0.39 is 10.8 Å². The van der Waals surface area contributed by atoms with Crippen LogP contribution in [0.5, 0.6) is 0 Å². The van der Waals surface area contributed by atoms with E-state index in [4.69, 9.17) is 5.73 Å². The van der Waals surface area contributed by atoms with Crippen molar-refractivity contribution in [2.75, 3.05) is 0 Å². The van der Waals surface area contributed by atoms with Crippen molar-refractivity contribution in [1.82, 2.24) is 0 Å². The van der Waals surface area contributed by atoms with Gasteiger partial charge in [0.1, 0.15) is 0 Å². The largest absolute Gasteiger partial charge is 0.326 e. The molecule has 2 aromatic rings. The van der Waals surface area contributed by atoms with Gasteiger partial charge in [0.05, 0.1) is 16.6 Å². The van der Waals surface area contributed by atoms with Crippen LogP contribution in [0.3, 0.4) is 0 Å². The lowest BCUT2D eigenvalue weighted by atomic mass is 10.0. The molecular formula is C17H21NOS. The minimum Gasteiger partial charge on any atom is -0.326 e. The molecule has 0 radical (unpaired) electrons. The molecule has 2 rings (SSSR count). The average Bonchev–Trinajstić information content (AvgIpc) is 2.48. The van der Waals surface area contributed by atoms with Crippen LogP contribution in [0.2, 0.25) is 0 Å². The second-order valence-electron chi connectivity index (χ2n) is 5.23. The Labute approximate surface area is 123 Å². The maximum Gasteiger partial charge on any atom is 0.0574 e. The molecule has 0 aromatic heterocycles. The lowest BCUT2D eigenvalue weighted by Gasteiger charge is -2.07. The molecule has 0 spiro atoms. The number of hydrogen-bond acceptors (Lipinski definition) is 2. The van der Waals surface area contributed by atoms with Gasteiger partial charge in [-0.3, -0.25) is 4.21 Å². The molecule has 0 aliphatic rings. The maximum atomic E-state index is 12.3. The molecule has 0 aliphatic carbocycles. The molecule has 3 heteroatoms. The van der Waals surface area contributed by atoms with Gasteiger partial charge < -0.3 is 5.73 Å². The van der Waals surface area contributed by atoms with Gasteiger partial charge in [-0.15, -0.1) is 0 Å². The molecule has 0 aliphatic heterocycles. The Balaban J connectivity index is 2.07. The molecular weight excluding hydrogens is 266 g/mol. The molecule has 20 heavy (non-hydrogen) atoms. The third-order valence-corrected chi connectivity index (χ3v) is 4.76. The Hall–Kier alpha value is -1.45. The lowest BCUT2D eigenvalue weighted by Crippen LogP contribution is -1.99. The van der Waals surface area contributed by atoms with Crippen LogP contribution >= 0.6 is 0 Å². The van der Waals surface area contributed by atoms with Crippen molar-refractivity contribution in [2.45, 2.75) is 37.0 Å². The van der Waals surface area contributed by atoms with Crippen LogP contribution in [-0.2, 0) is 23.1 Å². The summed E-state index contributed by atoms with van der Waals surface area (Å²) in [4.78, 5) is 0.886. The molecule has 2 nitrogen and oxygen atoms in total. The number of hydrogen-bond donors (Lipinski definition) is 1. The molecule has 0 bridgehead atoms. The van der Waals surface area contributed by atoms with Gasteiger partial charge in [-0.1, -0.05) is 50.2 Å². The van der Waals surface area contributed by atoms with Gasteiger partial charge in [-0.05, 0) is 34.7 Å². The lowest BCUT2D eigenvalue weighted by molar-refractivity contribution is 0.682. The minimum absolute atomic E-state index is 0.501. The zero-order valence-corrected chi connectivity index (χ0v) is 12.8. The van der Waals surface area contributed by atoms with E-state index in [1.165, 1.54) is 5.56 Å². The first kappa shape index (κ1) is 14.9. The Morgan fingerprint density at radius 1 is 0.950 bits per heavy atom. The summed E-state index contributed by atoms with van der Waals surface area (Å²) in [5.74, 6) is 1.05. The van der Waals surface area contributed by atoms with Crippen LogP contribution in [0.1, 0.15) is 36.5 Å². The molecule has 2 aromatic carbocycles. The second-order valence-corrected chi connectivity index (χ2v) is 6.69. The second kappa shape index (κ2) is 6.82. The third kappa shape index (κ3) is 3.78. The van der Waals surface area contributed by atoms with Crippen molar-refractivity contribution >= 4 is 10.8 Å². The van der Waals surface area contributed by atoms with Gasteiger partial charge >= 0.3 is 0 Å². The smallest absolute Gasteiger partial charge is 0.0574 e. The molecule has 1 atom stereocenters. The quantitative estimate of drug-likeness (QED) is 0.913. The predicted octanol–water partition coefficient (Wildman–Crippen LogP) is 3.58. The van der Waals surface area contributed by atoms with Gasteiger partial charge in [-0.25, -0.2) is 0 Å². The Morgan fingerprint density at radius 3 is 2.00 bits per heavy atom. The van der Waals surface area contributed by atoms with Gasteiger partial charge in [0.25, 0.3) is 0 Å². The first-order valence-corrected chi connectivity index (χ1v) is 8.18. The van der Waals surface area contributed by atoms with Crippen LogP contribution in [0.15, 0.2) is 53.4 Å². The van der Waals surface area contributed by atoms with E-state index in [1.54, 1.807) is 0 Å². The van der Waals surface area contributed by atoms with Gasteiger partial charge in [0.2, 0.25) is 0 Å². The summed E-state index contributed by atoms with van der Waals surface area (Å²) in [5, 5.41) is 0. The van der Waals surface area contributed by atoms with Crippen LogP contribution < -0.4 is 5.73 Å². The standard InChI is InChI=1S/C17H21NOS/c1-13(2)16-7-9-17(10-8-16)20(19)12-15-5-3-14(11-18)4-6-15/h3-10,13H,11-12,18H2,1-2H3. The predicted molar refractivity (Wildman–Crippen MR) is 85.0 cm³/mol. The number of benzene rings is 2. The highest BCUT2D eigenvalue weighted by Crippen LogP contribution is 2.18. The van der Waals surface area contributed by atoms with Crippen molar-refractivity contribution in [3.8, 4) is 0 Å². The van der Waals surface area contributed by atoms with E-state index in [1.807, 2.05) is 36.4 Å². The fourth-order valence-corrected chi connectivity index (χ4v) is 3.11. The topological polar surface area (TPSA) is 43.1 Å². The van der Waals surface area contributed by atoms with Gasteiger partial charge in [0, 0.05) is 11.4 Å². The summed E-state index contributed by atoms with van der Waals surface area (Å²) >= 11 is 0. The average molecular weight is 287 g/mol. The highest BCUT2D eigenvalue weighted by molar-refractivity contribution is 7.84. The highest BCUT2D eigenvalue weighted by atomic mass is 32.2. The van der Waals surface area contributed by atoms with E-state index in [0.717, 1.165) is 16.0 Å². The summed E-state index contributed by atoms with van der Waals surface area (Å²) in [6, 6.07) is 16.1. The first-order valence-electron chi connectivity index (χ1n) is 6.86. The number of rotatable bonds is 5. The van der Waals surface area contributed by atoms with Crippen molar-refractivity contribution in [3.63, 3.8) is 0 Å². The monoisotopic (exact) mass is 287 g/mol. The minimum atomic E-state index is -0.996. The fourth-order valence-electron chi connectivity index (χ4n) is 2.01. The van der Waals surface area contributed by atoms with Crippen molar-refractivity contribution in [1.29, 1.82) is 0 Å². The molecule has 0 saturated heterocycles. The molecule has 0 saturated carbocycles. The summed E-state index contributed by atoms with van der Waals surface area (Å²) in [6.45, 7) is 4.86. The summed E-state index contributed by atoms with van der Waals surface area (Å²) < 4.78 is 12.3. The summed E-state index contributed by atoms with van der Waals surface area (Å²) in [7, 11) is -0.996. The van der Waals surface area contributed by atoms with Crippen LogP contribution in [0.25, 0.3) is 0 Å². The Bertz CT molecular complexity index is 573. The highest BCUT2D eigenvalue weighted by Gasteiger charge is 2.06. The molecule has 2 N–H and O–H groups in total. The fraction of sp³-hybridized carbons (Fsp3) is 0.294. The SMILES string of the molecule is CC(C)c1ccc(S(=O)Cc2ccc(CN)cc2)cc1. The third-order valence-electron chi connectivity index (χ3n) is 3.37. The molecule has 0 fully saturated rings. The van der Waals surface area contributed by atoms with E-state index in [2.05, 4.69) is 26.0 Å². The van der Waals surface area contributed by atoms with Gasteiger partial charge in [-0.2, -0.15) is 0 Å². The summed E-state index contributed by atoms with van der Waals surface area (Å²) in [5.41, 5.74) is 9.02. The normalized spacial score (nSPS) is 12.6. The van der Waals surface area contributed by atoms with Crippen molar-refractivity contribution < 1.29 is 4.21 Å². The molecule has 106 valence electrons. The Morgan fingerprint density at radius 2 is 1.50 bits per heavy atom.